The van der Waals surface area contributed by atoms with Gasteiger partial charge in [-0.3, -0.25) is 19.5 Å². The third-order valence-electron chi connectivity index (χ3n) is 5.75. The van der Waals surface area contributed by atoms with Crippen molar-refractivity contribution < 1.29 is 14.3 Å². The summed E-state index contributed by atoms with van der Waals surface area (Å²) in [5, 5.41) is 15.4. The molecule has 2 aromatic heterocycles. The molecular formula is C20H22N6O3. The number of nitrogens with one attached hydrogen (secondary N) is 2. The number of hydrogen-bond donors (Lipinski definition) is 2. The predicted octanol–water partition coefficient (Wildman–Crippen LogP) is 2.63. The van der Waals surface area contributed by atoms with Gasteiger partial charge in [-0.1, -0.05) is 13.0 Å². The fourth-order valence-electron chi connectivity index (χ4n) is 4.24. The SMILES string of the molecule is CC1CCc2[nH]nc(C(=O)Nc3nn(C)c4cccc(N5CCOC5=O)c34)c2C1. The van der Waals surface area contributed by atoms with Gasteiger partial charge in [0.1, 0.15) is 6.61 Å². The number of carbonyl (C=O) groups is 2. The summed E-state index contributed by atoms with van der Waals surface area (Å²) in [5.74, 6) is 0.633. The number of cyclic esters (lactones) is 1. The molecule has 1 fully saturated rings. The lowest BCUT2D eigenvalue weighted by Crippen LogP contribution is -2.24. The molecule has 0 saturated carbocycles. The number of aromatic amines is 1. The van der Waals surface area contributed by atoms with E-state index in [1.807, 2.05) is 25.2 Å². The molecule has 9 heteroatoms. The second-order valence-electron chi connectivity index (χ2n) is 7.74. The van der Waals surface area contributed by atoms with Gasteiger partial charge in [-0.2, -0.15) is 10.2 Å². The number of carbonyl (C=O) groups excluding carboxylic acids is 2. The number of benzene rings is 1. The molecule has 29 heavy (non-hydrogen) atoms. The minimum Gasteiger partial charge on any atom is -0.447 e. The quantitative estimate of drug-likeness (QED) is 0.710. The number of H-pyrrole nitrogens is 1. The zero-order valence-corrected chi connectivity index (χ0v) is 16.4. The Balaban J connectivity index is 1.54. The Kier molecular flexibility index (Phi) is 4.04. The van der Waals surface area contributed by atoms with Crippen LogP contribution in [0.2, 0.25) is 0 Å². The summed E-state index contributed by atoms with van der Waals surface area (Å²) in [6.07, 6.45) is 2.44. The van der Waals surface area contributed by atoms with Crippen molar-refractivity contribution in [2.24, 2.45) is 13.0 Å². The molecule has 1 unspecified atom stereocenters. The van der Waals surface area contributed by atoms with E-state index < -0.39 is 6.09 Å². The van der Waals surface area contributed by atoms with Crippen LogP contribution in [0.5, 0.6) is 0 Å². The van der Waals surface area contributed by atoms with Crippen molar-refractivity contribution in [3.8, 4) is 0 Å². The summed E-state index contributed by atoms with van der Waals surface area (Å²) >= 11 is 0. The highest BCUT2D eigenvalue weighted by atomic mass is 16.6. The van der Waals surface area contributed by atoms with E-state index in [4.69, 9.17) is 4.74 Å². The molecule has 2 amide bonds. The molecule has 5 rings (SSSR count). The van der Waals surface area contributed by atoms with Crippen molar-refractivity contribution in [1.82, 2.24) is 20.0 Å². The van der Waals surface area contributed by atoms with Crippen LogP contribution in [0.4, 0.5) is 16.3 Å². The van der Waals surface area contributed by atoms with Gasteiger partial charge >= 0.3 is 6.09 Å². The van der Waals surface area contributed by atoms with E-state index in [-0.39, 0.29) is 5.91 Å². The summed E-state index contributed by atoms with van der Waals surface area (Å²) in [5.41, 5.74) is 3.94. The fraction of sp³-hybridized carbons (Fsp3) is 0.400. The zero-order valence-electron chi connectivity index (χ0n) is 16.4. The molecule has 1 aliphatic carbocycles. The van der Waals surface area contributed by atoms with Crippen molar-refractivity contribution in [3.05, 3.63) is 35.2 Å². The second-order valence-corrected chi connectivity index (χ2v) is 7.74. The summed E-state index contributed by atoms with van der Waals surface area (Å²) in [6.45, 7) is 2.99. The average Bonchev–Trinajstić information content (AvgIpc) is 3.39. The van der Waals surface area contributed by atoms with Gasteiger partial charge in [0, 0.05) is 18.3 Å². The first-order valence-electron chi connectivity index (χ1n) is 9.80. The monoisotopic (exact) mass is 394 g/mol. The molecule has 3 heterocycles. The van der Waals surface area contributed by atoms with Crippen molar-refractivity contribution in [2.45, 2.75) is 26.2 Å². The minimum absolute atomic E-state index is 0.296. The number of aromatic nitrogens is 4. The number of fused-ring (bicyclic) bond motifs is 2. The molecular weight excluding hydrogens is 372 g/mol. The van der Waals surface area contributed by atoms with Crippen LogP contribution in [0.25, 0.3) is 10.9 Å². The van der Waals surface area contributed by atoms with Gasteiger partial charge in [-0.05, 0) is 37.3 Å². The minimum atomic E-state index is -0.394. The highest BCUT2D eigenvalue weighted by molar-refractivity contribution is 6.12. The molecule has 150 valence electrons. The molecule has 0 radical (unpaired) electrons. The summed E-state index contributed by atoms with van der Waals surface area (Å²) in [4.78, 5) is 26.7. The highest BCUT2D eigenvalue weighted by Crippen LogP contribution is 2.34. The number of anilines is 2. The standard InChI is InChI=1S/C20H22N6O3/c1-11-6-7-13-12(10-11)17(23-22-13)19(27)21-18-16-14(25(2)24-18)4-3-5-15(16)26-8-9-29-20(26)28/h3-5,11H,6-10H2,1-2H3,(H,22,23)(H,21,24,27). The van der Waals surface area contributed by atoms with E-state index in [1.54, 1.807) is 9.58 Å². The van der Waals surface area contributed by atoms with Crippen LogP contribution in [-0.4, -0.2) is 45.1 Å². The van der Waals surface area contributed by atoms with Gasteiger partial charge in [-0.25, -0.2) is 4.79 Å². The lowest BCUT2D eigenvalue weighted by molar-refractivity contribution is 0.102. The molecule has 9 nitrogen and oxygen atoms in total. The maximum atomic E-state index is 13.1. The summed E-state index contributed by atoms with van der Waals surface area (Å²) in [7, 11) is 1.81. The van der Waals surface area contributed by atoms with Crippen LogP contribution in [0.1, 0.15) is 35.1 Å². The Labute approximate surface area is 167 Å². The van der Waals surface area contributed by atoms with E-state index in [0.717, 1.165) is 36.0 Å². The molecule has 1 atom stereocenters. The topological polar surface area (TPSA) is 105 Å². The molecule has 2 N–H and O–H groups in total. The first-order valence-corrected chi connectivity index (χ1v) is 9.80. The van der Waals surface area contributed by atoms with Crippen LogP contribution >= 0.6 is 0 Å². The maximum Gasteiger partial charge on any atom is 0.414 e. The normalized spacial score (nSPS) is 18.8. The summed E-state index contributed by atoms with van der Waals surface area (Å²) in [6, 6.07) is 5.60. The smallest absolute Gasteiger partial charge is 0.414 e. The third-order valence-corrected chi connectivity index (χ3v) is 5.75. The molecule has 1 saturated heterocycles. The maximum absolute atomic E-state index is 13.1. The van der Waals surface area contributed by atoms with Gasteiger partial charge in [0.25, 0.3) is 5.91 Å². The van der Waals surface area contributed by atoms with Crippen LogP contribution in [0.3, 0.4) is 0 Å². The lowest BCUT2D eigenvalue weighted by atomic mass is 9.87. The Bertz CT molecular complexity index is 1130. The van der Waals surface area contributed by atoms with Crippen LogP contribution in [-0.2, 0) is 24.6 Å². The summed E-state index contributed by atoms with van der Waals surface area (Å²) < 4.78 is 6.78. The molecule has 1 aromatic carbocycles. The molecule has 3 aromatic rings. The third kappa shape index (κ3) is 2.84. The Morgan fingerprint density at radius 1 is 1.38 bits per heavy atom. The molecule has 0 bridgehead atoms. The second kappa shape index (κ2) is 6.61. The fourth-order valence-corrected chi connectivity index (χ4v) is 4.24. The number of nitrogens with zero attached hydrogens (tertiary/aromatic N) is 4. The predicted molar refractivity (Wildman–Crippen MR) is 107 cm³/mol. The Hall–Kier alpha value is -3.36. The van der Waals surface area contributed by atoms with Gasteiger partial charge < -0.3 is 10.1 Å². The van der Waals surface area contributed by atoms with E-state index in [0.29, 0.717) is 41.7 Å². The highest BCUT2D eigenvalue weighted by Gasteiger charge is 2.29. The van der Waals surface area contributed by atoms with Crippen molar-refractivity contribution in [2.75, 3.05) is 23.4 Å². The number of ether oxygens (including phenoxy) is 1. The van der Waals surface area contributed by atoms with Crippen molar-refractivity contribution >= 4 is 34.4 Å². The van der Waals surface area contributed by atoms with Crippen molar-refractivity contribution in [1.29, 1.82) is 0 Å². The molecule has 0 spiro atoms. The number of rotatable bonds is 3. The van der Waals surface area contributed by atoms with Gasteiger partial charge in [0.2, 0.25) is 0 Å². The first-order chi connectivity index (χ1) is 14.0. The zero-order chi connectivity index (χ0) is 20.1. The van der Waals surface area contributed by atoms with Crippen LogP contribution in [0, 0.1) is 5.92 Å². The number of hydrogen-bond acceptors (Lipinski definition) is 5. The number of amides is 2. The van der Waals surface area contributed by atoms with E-state index >= 15 is 0 Å². The first kappa shape index (κ1) is 17.7. The van der Waals surface area contributed by atoms with Crippen molar-refractivity contribution in [3.63, 3.8) is 0 Å². The van der Waals surface area contributed by atoms with Crippen LogP contribution in [0.15, 0.2) is 18.2 Å². The lowest BCUT2D eigenvalue weighted by Gasteiger charge is -2.18. The van der Waals surface area contributed by atoms with Crippen LogP contribution < -0.4 is 10.2 Å². The van der Waals surface area contributed by atoms with E-state index in [2.05, 4.69) is 27.5 Å². The Morgan fingerprint density at radius 2 is 2.24 bits per heavy atom. The van der Waals surface area contributed by atoms with Gasteiger partial charge in [0.15, 0.2) is 11.5 Å². The number of aryl methyl sites for hydroxylation is 2. The largest absolute Gasteiger partial charge is 0.447 e. The van der Waals surface area contributed by atoms with Gasteiger partial charge in [0.05, 0.1) is 23.1 Å². The Morgan fingerprint density at radius 3 is 3.03 bits per heavy atom. The van der Waals surface area contributed by atoms with E-state index in [1.165, 1.54) is 0 Å². The molecule has 1 aliphatic heterocycles. The van der Waals surface area contributed by atoms with E-state index in [9.17, 15) is 9.59 Å². The van der Waals surface area contributed by atoms with Gasteiger partial charge in [-0.15, -0.1) is 0 Å². The average molecular weight is 394 g/mol. The molecule has 2 aliphatic rings.